The van der Waals surface area contributed by atoms with Gasteiger partial charge in [0.15, 0.2) is 0 Å². The molecule has 0 amide bonds. The molecule has 0 radical (unpaired) electrons. The van der Waals surface area contributed by atoms with E-state index in [9.17, 15) is 8.78 Å². The van der Waals surface area contributed by atoms with Crippen LogP contribution in [-0.4, -0.2) is 7.05 Å². The van der Waals surface area contributed by atoms with Crippen molar-refractivity contribution in [2.45, 2.75) is 6.04 Å². The first-order chi connectivity index (χ1) is 9.01. The number of hydrogen-bond donors (Lipinski definition) is 1. The van der Waals surface area contributed by atoms with Gasteiger partial charge in [0, 0.05) is 15.6 Å². The summed E-state index contributed by atoms with van der Waals surface area (Å²) >= 11 is 9.39. The van der Waals surface area contributed by atoms with Gasteiger partial charge in [-0.25, -0.2) is 8.78 Å². The summed E-state index contributed by atoms with van der Waals surface area (Å²) in [6.45, 7) is 0. The first-order valence-electron chi connectivity index (χ1n) is 5.59. The minimum atomic E-state index is -0.603. The van der Waals surface area contributed by atoms with Crippen molar-refractivity contribution in [1.29, 1.82) is 0 Å². The zero-order chi connectivity index (χ0) is 14.0. The topological polar surface area (TPSA) is 12.0 Å². The normalized spacial score (nSPS) is 12.5. The molecule has 0 aliphatic carbocycles. The molecule has 2 rings (SSSR count). The SMILES string of the molecule is CNC(c1cc(F)cc(F)c1)c1cc(Cl)ccc1Br. The van der Waals surface area contributed by atoms with Gasteiger partial charge in [0.05, 0.1) is 6.04 Å². The molecule has 1 atom stereocenters. The molecular weight excluding hydrogens is 336 g/mol. The minimum absolute atomic E-state index is 0.349. The Kier molecular flexibility index (Phi) is 4.55. The third-order valence-corrected chi connectivity index (χ3v) is 3.73. The summed E-state index contributed by atoms with van der Waals surface area (Å²) in [5.41, 5.74) is 1.32. The maximum Gasteiger partial charge on any atom is 0.126 e. The Hall–Kier alpha value is -0.970. The van der Waals surface area contributed by atoms with Gasteiger partial charge in [-0.3, -0.25) is 0 Å². The van der Waals surface area contributed by atoms with Crippen molar-refractivity contribution in [2.75, 3.05) is 7.05 Å². The second kappa shape index (κ2) is 5.99. The van der Waals surface area contributed by atoms with E-state index in [2.05, 4.69) is 21.2 Å². The van der Waals surface area contributed by atoms with E-state index in [-0.39, 0.29) is 6.04 Å². The van der Waals surface area contributed by atoms with Crippen molar-refractivity contribution in [3.8, 4) is 0 Å². The largest absolute Gasteiger partial charge is 0.309 e. The molecule has 0 fully saturated rings. The van der Waals surface area contributed by atoms with Crippen molar-refractivity contribution in [2.24, 2.45) is 0 Å². The van der Waals surface area contributed by atoms with E-state index in [0.29, 0.717) is 10.6 Å². The van der Waals surface area contributed by atoms with E-state index in [1.165, 1.54) is 12.1 Å². The van der Waals surface area contributed by atoms with Crippen LogP contribution < -0.4 is 5.32 Å². The van der Waals surface area contributed by atoms with Crippen molar-refractivity contribution in [3.05, 3.63) is 68.7 Å². The van der Waals surface area contributed by atoms with Crippen LogP contribution in [0.3, 0.4) is 0 Å². The van der Waals surface area contributed by atoms with E-state index in [1.54, 1.807) is 25.2 Å². The first-order valence-corrected chi connectivity index (χ1v) is 6.76. The lowest BCUT2D eigenvalue weighted by molar-refractivity contribution is 0.571. The molecule has 0 heterocycles. The van der Waals surface area contributed by atoms with Gasteiger partial charge in [-0.15, -0.1) is 0 Å². The van der Waals surface area contributed by atoms with Gasteiger partial charge in [0.1, 0.15) is 11.6 Å². The Morgan fingerprint density at radius 2 is 1.74 bits per heavy atom. The number of nitrogens with one attached hydrogen (secondary N) is 1. The van der Waals surface area contributed by atoms with Gasteiger partial charge in [-0.1, -0.05) is 27.5 Å². The lowest BCUT2D eigenvalue weighted by atomic mass is 9.98. The van der Waals surface area contributed by atoms with Crippen LogP contribution in [-0.2, 0) is 0 Å². The van der Waals surface area contributed by atoms with E-state index >= 15 is 0 Å². The molecule has 0 saturated carbocycles. The number of hydrogen-bond acceptors (Lipinski definition) is 1. The molecule has 100 valence electrons. The zero-order valence-corrected chi connectivity index (χ0v) is 12.4. The smallest absolute Gasteiger partial charge is 0.126 e. The molecule has 0 saturated heterocycles. The molecule has 0 aromatic heterocycles. The summed E-state index contributed by atoms with van der Waals surface area (Å²) in [5, 5.41) is 3.60. The highest BCUT2D eigenvalue weighted by molar-refractivity contribution is 9.10. The third kappa shape index (κ3) is 3.32. The minimum Gasteiger partial charge on any atom is -0.309 e. The lowest BCUT2D eigenvalue weighted by Crippen LogP contribution is -2.18. The van der Waals surface area contributed by atoms with Crippen LogP contribution in [0, 0.1) is 11.6 Å². The fraction of sp³-hybridized carbons (Fsp3) is 0.143. The molecule has 1 nitrogen and oxygen atoms in total. The van der Waals surface area contributed by atoms with Crippen molar-refractivity contribution >= 4 is 27.5 Å². The molecule has 1 unspecified atom stereocenters. The highest BCUT2D eigenvalue weighted by Crippen LogP contribution is 2.31. The summed E-state index contributed by atoms with van der Waals surface area (Å²) in [6, 6.07) is 8.41. The third-order valence-electron chi connectivity index (χ3n) is 2.78. The van der Waals surface area contributed by atoms with Gasteiger partial charge in [0.25, 0.3) is 0 Å². The van der Waals surface area contributed by atoms with E-state index in [4.69, 9.17) is 11.6 Å². The van der Waals surface area contributed by atoms with Gasteiger partial charge in [0.2, 0.25) is 0 Å². The average Bonchev–Trinajstić information content (AvgIpc) is 2.33. The zero-order valence-electron chi connectivity index (χ0n) is 10.1. The Morgan fingerprint density at radius 3 is 2.32 bits per heavy atom. The average molecular weight is 347 g/mol. The molecule has 0 aliphatic heterocycles. The summed E-state index contributed by atoms with van der Waals surface area (Å²) in [6.07, 6.45) is 0. The van der Waals surface area contributed by atoms with Crippen molar-refractivity contribution in [3.63, 3.8) is 0 Å². The Morgan fingerprint density at radius 1 is 1.11 bits per heavy atom. The number of benzene rings is 2. The van der Waals surface area contributed by atoms with E-state index in [1.807, 2.05) is 0 Å². The van der Waals surface area contributed by atoms with Crippen LogP contribution in [0.1, 0.15) is 17.2 Å². The summed E-state index contributed by atoms with van der Waals surface area (Å²) in [7, 11) is 1.72. The van der Waals surface area contributed by atoms with Gasteiger partial charge < -0.3 is 5.32 Å². The van der Waals surface area contributed by atoms with Gasteiger partial charge in [-0.2, -0.15) is 0 Å². The molecule has 19 heavy (non-hydrogen) atoms. The monoisotopic (exact) mass is 345 g/mol. The Labute approximate surface area is 123 Å². The van der Waals surface area contributed by atoms with Crippen LogP contribution in [0.2, 0.25) is 5.02 Å². The van der Waals surface area contributed by atoms with Crippen LogP contribution in [0.5, 0.6) is 0 Å². The summed E-state index contributed by atoms with van der Waals surface area (Å²) in [4.78, 5) is 0. The van der Waals surface area contributed by atoms with Crippen LogP contribution >= 0.6 is 27.5 Å². The predicted octanol–water partition coefficient (Wildman–Crippen LogP) is 4.69. The molecule has 0 bridgehead atoms. The van der Waals surface area contributed by atoms with E-state index in [0.717, 1.165) is 16.1 Å². The van der Waals surface area contributed by atoms with Crippen molar-refractivity contribution in [1.82, 2.24) is 5.32 Å². The summed E-state index contributed by atoms with van der Waals surface area (Å²) < 4.78 is 27.4. The van der Waals surface area contributed by atoms with Crippen molar-refractivity contribution < 1.29 is 8.78 Å². The lowest BCUT2D eigenvalue weighted by Gasteiger charge is -2.19. The molecule has 0 spiro atoms. The van der Waals surface area contributed by atoms with Gasteiger partial charge in [-0.05, 0) is 48.5 Å². The van der Waals surface area contributed by atoms with Crippen LogP contribution in [0.4, 0.5) is 8.78 Å². The van der Waals surface area contributed by atoms with Crippen LogP contribution in [0.15, 0.2) is 40.9 Å². The predicted molar refractivity (Wildman–Crippen MR) is 76.4 cm³/mol. The molecule has 1 N–H and O–H groups in total. The molecular formula is C14H11BrClF2N. The molecule has 2 aromatic carbocycles. The standard InChI is InChI=1S/C14H11BrClF2N/c1-19-14(8-4-10(17)7-11(18)5-8)12-6-9(16)2-3-13(12)15/h2-7,14,19H,1H3. The van der Waals surface area contributed by atoms with E-state index < -0.39 is 11.6 Å². The fourth-order valence-electron chi connectivity index (χ4n) is 1.98. The number of rotatable bonds is 3. The second-order valence-corrected chi connectivity index (χ2v) is 5.38. The van der Waals surface area contributed by atoms with Gasteiger partial charge >= 0.3 is 0 Å². The first kappa shape index (κ1) is 14.4. The fourth-order valence-corrected chi connectivity index (χ4v) is 2.64. The van der Waals surface area contributed by atoms with Crippen LogP contribution in [0.25, 0.3) is 0 Å². The Bertz CT molecular complexity index is 584. The molecule has 5 heteroatoms. The number of halogens is 4. The molecule has 2 aromatic rings. The highest BCUT2D eigenvalue weighted by Gasteiger charge is 2.17. The second-order valence-electron chi connectivity index (χ2n) is 4.09. The maximum atomic E-state index is 13.3. The maximum absolute atomic E-state index is 13.3. The Balaban J connectivity index is 2.52. The highest BCUT2D eigenvalue weighted by atomic mass is 79.9. The summed E-state index contributed by atoms with van der Waals surface area (Å²) in [5.74, 6) is -1.21. The molecule has 0 aliphatic rings. The quantitative estimate of drug-likeness (QED) is 0.850.